The van der Waals surface area contributed by atoms with E-state index in [1.54, 1.807) is 11.1 Å². The van der Waals surface area contributed by atoms with E-state index in [1.807, 2.05) is 12.1 Å². The summed E-state index contributed by atoms with van der Waals surface area (Å²) in [5, 5.41) is 0. The van der Waals surface area contributed by atoms with Crippen LogP contribution < -0.4 is 24.8 Å². The number of aryl methyl sites for hydroxylation is 3. The number of fused-ring (bicyclic) bond motifs is 1. The topological polar surface area (TPSA) is 0 Å². The molecule has 2 aromatic carbocycles. The van der Waals surface area contributed by atoms with Crippen LogP contribution in [0.1, 0.15) is 29.5 Å². The summed E-state index contributed by atoms with van der Waals surface area (Å²) in [6, 6.07) is 14.9. The Hall–Kier alpha value is 0.163. The molecular formula is C15H18Cl2Zr. The van der Waals surface area contributed by atoms with E-state index in [1.165, 1.54) is 31.2 Å². The summed E-state index contributed by atoms with van der Waals surface area (Å²) in [7, 11) is 0. The summed E-state index contributed by atoms with van der Waals surface area (Å²) in [6.45, 7) is 2.08. The fourth-order valence-corrected chi connectivity index (χ4v) is 2.08. The molecule has 0 saturated carbocycles. The summed E-state index contributed by atoms with van der Waals surface area (Å²) in [5.41, 5.74) is 4.54. The molecular weight excluding hydrogens is 342 g/mol. The third-order valence-electron chi connectivity index (χ3n) is 2.98. The first-order valence-electron chi connectivity index (χ1n) is 5.78. The molecule has 3 rings (SSSR count). The number of hydrogen-bond donors (Lipinski definition) is 0. The largest absolute Gasteiger partial charge is 4.00 e. The van der Waals surface area contributed by atoms with Crippen molar-refractivity contribution in [1.82, 2.24) is 0 Å². The minimum Gasteiger partial charge on any atom is -1.00 e. The Labute approximate surface area is 142 Å². The van der Waals surface area contributed by atoms with E-state index in [0.717, 1.165) is 0 Å². The van der Waals surface area contributed by atoms with Crippen molar-refractivity contribution >= 4 is 0 Å². The van der Waals surface area contributed by atoms with Crippen LogP contribution in [-0.2, 0) is 39.0 Å². The fraction of sp³-hybridized carbons (Fsp3) is 0.333. The van der Waals surface area contributed by atoms with Gasteiger partial charge in [-0.2, -0.15) is 41.0 Å². The quantitative estimate of drug-likeness (QED) is 0.477. The molecule has 96 valence electrons. The maximum Gasteiger partial charge on any atom is 4.00 e. The first-order chi connectivity index (χ1) is 7.36. The van der Waals surface area contributed by atoms with Gasteiger partial charge >= 0.3 is 26.2 Å². The summed E-state index contributed by atoms with van der Waals surface area (Å²) in [4.78, 5) is 0. The van der Waals surface area contributed by atoms with Crippen LogP contribution in [0.15, 0.2) is 42.5 Å². The van der Waals surface area contributed by atoms with Crippen LogP contribution in [0.5, 0.6) is 0 Å². The van der Waals surface area contributed by atoms with Gasteiger partial charge < -0.3 is 24.8 Å². The smallest absolute Gasteiger partial charge is 1.00 e. The molecule has 0 atom stereocenters. The van der Waals surface area contributed by atoms with Crippen molar-refractivity contribution in [3.8, 4) is 0 Å². The van der Waals surface area contributed by atoms with Crippen molar-refractivity contribution in [2.45, 2.75) is 32.6 Å². The Balaban J connectivity index is 0. The molecule has 0 saturated heterocycles. The van der Waals surface area contributed by atoms with Gasteiger partial charge in [-0.25, -0.2) is 18.2 Å². The molecule has 0 aliphatic heterocycles. The molecule has 0 heterocycles. The van der Waals surface area contributed by atoms with Crippen LogP contribution in [0.2, 0.25) is 0 Å². The Bertz CT molecular complexity index is 370. The van der Waals surface area contributed by atoms with Gasteiger partial charge in [0.05, 0.1) is 0 Å². The fourth-order valence-electron chi connectivity index (χ4n) is 2.08. The molecule has 18 heavy (non-hydrogen) atoms. The van der Waals surface area contributed by atoms with Crippen molar-refractivity contribution < 1.29 is 51.0 Å². The zero-order valence-electron chi connectivity index (χ0n) is 10.6. The molecule has 1 aliphatic carbocycles. The van der Waals surface area contributed by atoms with Gasteiger partial charge in [-0.05, 0) is 0 Å². The van der Waals surface area contributed by atoms with Crippen molar-refractivity contribution in [2.75, 3.05) is 0 Å². The van der Waals surface area contributed by atoms with Crippen LogP contribution in [-0.4, -0.2) is 0 Å². The third-order valence-corrected chi connectivity index (χ3v) is 2.98. The molecule has 0 nitrogen and oxygen atoms in total. The van der Waals surface area contributed by atoms with Crippen LogP contribution in [0.3, 0.4) is 0 Å². The molecule has 0 amide bonds. The molecule has 2 aromatic rings. The monoisotopic (exact) mass is 358 g/mol. The molecule has 3 heteroatoms. The van der Waals surface area contributed by atoms with Crippen molar-refractivity contribution in [3.63, 3.8) is 0 Å². The van der Waals surface area contributed by atoms with E-state index in [0.29, 0.717) is 0 Å². The zero-order valence-corrected chi connectivity index (χ0v) is 14.6. The van der Waals surface area contributed by atoms with Crippen molar-refractivity contribution in [2.24, 2.45) is 0 Å². The normalized spacial score (nSPS) is 11.6. The zero-order chi connectivity index (χ0) is 10.5. The molecule has 0 unspecified atom stereocenters. The number of rotatable bonds is 0. The van der Waals surface area contributed by atoms with E-state index in [2.05, 4.69) is 37.3 Å². The Morgan fingerprint density at radius 2 is 1.67 bits per heavy atom. The first-order valence-corrected chi connectivity index (χ1v) is 5.78. The van der Waals surface area contributed by atoms with Gasteiger partial charge in [0, 0.05) is 0 Å². The maximum atomic E-state index is 2.26. The summed E-state index contributed by atoms with van der Waals surface area (Å²) in [6.07, 6.45) is 5.44. The van der Waals surface area contributed by atoms with Gasteiger partial charge in [-0.1, -0.05) is 32.6 Å². The molecule has 1 aliphatic rings. The van der Waals surface area contributed by atoms with Crippen molar-refractivity contribution in [1.29, 1.82) is 0 Å². The third kappa shape index (κ3) is 6.36. The maximum absolute atomic E-state index is 2.26. The van der Waals surface area contributed by atoms with Crippen LogP contribution >= 0.6 is 0 Å². The Morgan fingerprint density at radius 3 is 2.17 bits per heavy atom. The molecule has 0 radical (unpaired) electrons. The van der Waals surface area contributed by atoms with Crippen LogP contribution in [0.25, 0.3) is 0 Å². The van der Waals surface area contributed by atoms with E-state index in [-0.39, 0.29) is 51.0 Å². The van der Waals surface area contributed by atoms with Crippen LogP contribution in [0, 0.1) is 6.92 Å². The molecule has 0 N–H and O–H groups in total. The van der Waals surface area contributed by atoms with Gasteiger partial charge in [0.2, 0.25) is 0 Å². The molecule has 0 bridgehead atoms. The Morgan fingerprint density at radius 1 is 1.06 bits per heavy atom. The first kappa shape index (κ1) is 20.5. The van der Waals surface area contributed by atoms with Gasteiger partial charge in [0.1, 0.15) is 0 Å². The number of hydrogen-bond acceptors (Lipinski definition) is 0. The van der Waals surface area contributed by atoms with E-state index >= 15 is 0 Å². The van der Waals surface area contributed by atoms with Gasteiger partial charge in [0.15, 0.2) is 0 Å². The van der Waals surface area contributed by atoms with Crippen LogP contribution in [0.4, 0.5) is 0 Å². The average molecular weight is 360 g/mol. The average Bonchev–Trinajstić information content (AvgIpc) is 2.88. The summed E-state index contributed by atoms with van der Waals surface area (Å²) in [5.74, 6) is 0. The summed E-state index contributed by atoms with van der Waals surface area (Å²) >= 11 is 0. The summed E-state index contributed by atoms with van der Waals surface area (Å²) < 4.78 is 0. The second-order valence-corrected chi connectivity index (χ2v) is 4.25. The molecule has 0 spiro atoms. The predicted octanol–water partition coefficient (Wildman–Crippen LogP) is -2.00. The molecule has 0 aromatic heterocycles. The Kier molecular flexibility index (Phi) is 12.5. The standard InChI is InChI=1S/C9H11.C6H7.2ClH.Zr/c1-2-5-9-7-3-6-8(9)4-1;1-6-4-2-3-5-6;;;/h3,6-7H,1-2,4-5H2;2-5H,1H3;2*1H;/q2*-1;;;+4/p-2. The number of halogens is 2. The minimum atomic E-state index is 0. The SMILES string of the molecule is C[c-]1cccc1.[Cl-].[Cl-].[Zr+4].c1cc2c([cH-]1)CCCC2. The van der Waals surface area contributed by atoms with E-state index in [9.17, 15) is 0 Å². The van der Waals surface area contributed by atoms with Gasteiger partial charge in [-0.15, -0.1) is 0 Å². The van der Waals surface area contributed by atoms with Crippen molar-refractivity contribution in [3.05, 3.63) is 59.2 Å². The second kappa shape index (κ2) is 11.0. The molecule has 0 fully saturated rings. The predicted molar refractivity (Wildman–Crippen MR) is 65.4 cm³/mol. The van der Waals surface area contributed by atoms with E-state index in [4.69, 9.17) is 0 Å². The van der Waals surface area contributed by atoms with E-state index < -0.39 is 0 Å². The minimum absolute atomic E-state index is 0. The second-order valence-electron chi connectivity index (χ2n) is 4.25. The van der Waals surface area contributed by atoms with Gasteiger partial charge in [0.25, 0.3) is 0 Å². The van der Waals surface area contributed by atoms with Gasteiger partial charge in [-0.3, -0.25) is 0 Å².